The van der Waals surface area contributed by atoms with Crippen molar-refractivity contribution in [3.63, 3.8) is 0 Å². The molecule has 2 aromatic rings. The van der Waals surface area contributed by atoms with Crippen LogP contribution in [-0.2, 0) is 6.18 Å². The van der Waals surface area contributed by atoms with E-state index in [2.05, 4.69) is 10.4 Å². The highest BCUT2D eigenvalue weighted by atomic mass is 19.4. The Morgan fingerprint density at radius 2 is 2.12 bits per heavy atom. The van der Waals surface area contributed by atoms with Crippen LogP contribution in [0.5, 0.6) is 0 Å². The van der Waals surface area contributed by atoms with Gasteiger partial charge in [0, 0.05) is 19.1 Å². The third-order valence-corrected chi connectivity index (χ3v) is 4.05. The number of benzene rings is 1. The van der Waals surface area contributed by atoms with E-state index in [1.807, 2.05) is 0 Å². The number of aromatic nitrogens is 2. The highest BCUT2D eigenvalue weighted by molar-refractivity contribution is 5.95. The number of hydrogen-bond donors (Lipinski definition) is 2. The van der Waals surface area contributed by atoms with E-state index in [1.54, 1.807) is 6.07 Å². The Balaban J connectivity index is 1.94. The largest absolute Gasteiger partial charge is 0.416 e. The van der Waals surface area contributed by atoms with Gasteiger partial charge >= 0.3 is 6.18 Å². The van der Waals surface area contributed by atoms with Gasteiger partial charge in [-0.3, -0.25) is 4.79 Å². The molecule has 0 bridgehead atoms. The zero-order chi connectivity index (χ0) is 18.0. The Labute approximate surface area is 142 Å². The molecule has 2 N–H and O–H groups in total. The van der Waals surface area contributed by atoms with Gasteiger partial charge in [0.15, 0.2) is 0 Å². The number of nitrogens with one attached hydrogen (secondary N) is 1. The standard InChI is InChI=1S/C17H18F3N3O2/c18-17(19,20)12-3-1-4-13(9-12)23-15(11-5-6-11)14(10-22-23)16(25)21-7-2-8-24/h1,3-4,9-11,24H,2,5-8H2,(H,21,25). The van der Waals surface area contributed by atoms with Crippen LogP contribution in [-0.4, -0.2) is 33.9 Å². The fraction of sp³-hybridized carbons (Fsp3) is 0.412. The molecule has 1 amide bonds. The number of halogens is 3. The number of hydrogen-bond acceptors (Lipinski definition) is 3. The fourth-order valence-electron chi connectivity index (χ4n) is 2.68. The van der Waals surface area contributed by atoms with Gasteiger partial charge in [0.2, 0.25) is 0 Å². The summed E-state index contributed by atoms with van der Waals surface area (Å²) in [5.74, 6) is -0.204. The summed E-state index contributed by atoms with van der Waals surface area (Å²) in [5.41, 5.74) is 0.543. The molecule has 25 heavy (non-hydrogen) atoms. The number of aliphatic hydroxyl groups is 1. The number of carbonyl (C=O) groups is 1. The van der Waals surface area contributed by atoms with Crippen molar-refractivity contribution in [3.05, 3.63) is 47.3 Å². The molecular formula is C17H18F3N3O2. The Bertz CT molecular complexity index is 767. The molecule has 1 aliphatic rings. The minimum Gasteiger partial charge on any atom is -0.396 e. The molecule has 0 aliphatic heterocycles. The second kappa shape index (κ2) is 6.87. The maximum atomic E-state index is 12.9. The van der Waals surface area contributed by atoms with Gasteiger partial charge in [-0.05, 0) is 37.5 Å². The summed E-state index contributed by atoms with van der Waals surface area (Å²) < 4.78 is 40.3. The van der Waals surface area contributed by atoms with Crippen molar-refractivity contribution in [1.82, 2.24) is 15.1 Å². The third-order valence-electron chi connectivity index (χ3n) is 4.05. The van der Waals surface area contributed by atoms with E-state index in [0.29, 0.717) is 24.2 Å². The summed E-state index contributed by atoms with van der Waals surface area (Å²) in [4.78, 5) is 12.3. The van der Waals surface area contributed by atoms with E-state index in [-0.39, 0.29) is 24.1 Å². The highest BCUT2D eigenvalue weighted by Crippen LogP contribution is 2.42. The lowest BCUT2D eigenvalue weighted by atomic mass is 10.1. The van der Waals surface area contributed by atoms with E-state index in [1.165, 1.54) is 16.9 Å². The third kappa shape index (κ3) is 3.84. The van der Waals surface area contributed by atoms with Gasteiger partial charge in [-0.25, -0.2) is 4.68 Å². The van der Waals surface area contributed by atoms with Crippen LogP contribution in [0.4, 0.5) is 13.2 Å². The van der Waals surface area contributed by atoms with Crippen LogP contribution in [0.2, 0.25) is 0 Å². The average molecular weight is 353 g/mol. The maximum Gasteiger partial charge on any atom is 0.416 e. The van der Waals surface area contributed by atoms with E-state index in [9.17, 15) is 18.0 Å². The molecule has 0 spiro atoms. The van der Waals surface area contributed by atoms with Crippen LogP contribution in [0.3, 0.4) is 0 Å². The normalized spacial score (nSPS) is 14.6. The number of carbonyl (C=O) groups excluding carboxylic acids is 1. The van der Waals surface area contributed by atoms with Crippen molar-refractivity contribution in [2.75, 3.05) is 13.2 Å². The summed E-state index contributed by atoms with van der Waals surface area (Å²) >= 11 is 0. The first kappa shape index (κ1) is 17.5. The number of aliphatic hydroxyl groups excluding tert-OH is 1. The lowest BCUT2D eigenvalue weighted by molar-refractivity contribution is -0.137. The van der Waals surface area contributed by atoms with Crippen molar-refractivity contribution in [2.45, 2.75) is 31.4 Å². The van der Waals surface area contributed by atoms with Gasteiger partial charge in [-0.15, -0.1) is 0 Å². The van der Waals surface area contributed by atoms with E-state index in [0.717, 1.165) is 25.0 Å². The van der Waals surface area contributed by atoms with Crippen molar-refractivity contribution >= 4 is 5.91 Å². The van der Waals surface area contributed by atoms with Crippen LogP contribution in [0, 0.1) is 0 Å². The number of nitrogens with zero attached hydrogens (tertiary/aromatic N) is 2. The first-order valence-electron chi connectivity index (χ1n) is 8.06. The summed E-state index contributed by atoms with van der Waals surface area (Å²) in [7, 11) is 0. The Kier molecular flexibility index (Phi) is 4.80. The van der Waals surface area contributed by atoms with Gasteiger partial charge in [0.05, 0.1) is 28.7 Å². The second-order valence-electron chi connectivity index (χ2n) is 6.01. The predicted molar refractivity (Wildman–Crippen MR) is 84.6 cm³/mol. The van der Waals surface area contributed by atoms with E-state index < -0.39 is 11.7 Å². The molecule has 0 atom stereocenters. The van der Waals surface area contributed by atoms with Crippen molar-refractivity contribution in [2.24, 2.45) is 0 Å². The topological polar surface area (TPSA) is 67.2 Å². The van der Waals surface area contributed by atoms with Gasteiger partial charge in [0.1, 0.15) is 0 Å². The zero-order valence-corrected chi connectivity index (χ0v) is 13.4. The molecule has 134 valence electrons. The fourth-order valence-corrected chi connectivity index (χ4v) is 2.68. The summed E-state index contributed by atoms with van der Waals surface area (Å²) in [6.45, 7) is 0.299. The SMILES string of the molecule is O=C(NCCCO)c1cnn(-c2cccc(C(F)(F)F)c2)c1C1CC1. The lowest BCUT2D eigenvalue weighted by Crippen LogP contribution is -2.25. The van der Waals surface area contributed by atoms with Gasteiger partial charge in [-0.1, -0.05) is 6.07 Å². The molecule has 0 saturated heterocycles. The molecule has 1 aliphatic carbocycles. The minimum absolute atomic E-state index is 0.0285. The highest BCUT2D eigenvalue weighted by Gasteiger charge is 2.34. The molecule has 1 saturated carbocycles. The maximum absolute atomic E-state index is 12.9. The molecule has 0 radical (unpaired) electrons. The minimum atomic E-state index is -4.44. The van der Waals surface area contributed by atoms with Crippen molar-refractivity contribution in [1.29, 1.82) is 0 Å². The van der Waals surface area contributed by atoms with Crippen LogP contribution < -0.4 is 5.32 Å². The Morgan fingerprint density at radius 1 is 1.36 bits per heavy atom. The molecule has 1 heterocycles. The van der Waals surface area contributed by atoms with Crippen molar-refractivity contribution in [3.8, 4) is 5.69 Å². The summed E-state index contributed by atoms with van der Waals surface area (Å²) in [5, 5.41) is 15.6. The molecule has 1 aromatic heterocycles. The number of amides is 1. The first-order chi connectivity index (χ1) is 11.9. The predicted octanol–water partition coefficient (Wildman–Crippen LogP) is 2.88. The molecule has 1 aromatic carbocycles. The van der Waals surface area contributed by atoms with Crippen molar-refractivity contribution < 1.29 is 23.1 Å². The smallest absolute Gasteiger partial charge is 0.396 e. The quantitative estimate of drug-likeness (QED) is 0.785. The van der Waals surface area contributed by atoms with Crippen LogP contribution >= 0.6 is 0 Å². The van der Waals surface area contributed by atoms with E-state index in [4.69, 9.17) is 5.11 Å². The number of alkyl halides is 3. The average Bonchev–Trinajstić information content (AvgIpc) is 3.32. The zero-order valence-electron chi connectivity index (χ0n) is 13.4. The van der Waals surface area contributed by atoms with Crippen LogP contribution in [0.1, 0.15) is 46.8 Å². The Hall–Kier alpha value is -2.35. The molecule has 0 unspecified atom stereocenters. The van der Waals surface area contributed by atoms with Crippen LogP contribution in [0.15, 0.2) is 30.5 Å². The van der Waals surface area contributed by atoms with Crippen LogP contribution in [0.25, 0.3) is 5.69 Å². The summed E-state index contributed by atoms with van der Waals surface area (Å²) in [6, 6.07) is 4.91. The number of rotatable bonds is 6. The second-order valence-corrected chi connectivity index (χ2v) is 6.01. The van der Waals surface area contributed by atoms with Gasteiger partial charge in [0.25, 0.3) is 5.91 Å². The monoisotopic (exact) mass is 353 g/mol. The molecule has 5 nitrogen and oxygen atoms in total. The molecule has 1 fully saturated rings. The van der Waals surface area contributed by atoms with Gasteiger partial charge in [-0.2, -0.15) is 18.3 Å². The summed E-state index contributed by atoms with van der Waals surface area (Å²) in [6.07, 6.45) is -0.856. The molecule has 8 heteroatoms. The first-order valence-corrected chi connectivity index (χ1v) is 8.06. The molecule has 3 rings (SSSR count). The molecular weight excluding hydrogens is 335 g/mol. The lowest BCUT2D eigenvalue weighted by Gasteiger charge is -2.12. The van der Waals surface area contributed by atoms with E-state index >= 15 is 0 Å². The van der Waals surface area contributed by atoms with Gasteiger partial charge < -0.3 is 10.4 Å². The Morgan fingerprint density at radius 3 is 2.76 bits per heavy atom.